The van der Waals surface area contributed by atoms with Gasteiger partial charge in [0.05, 0.1) is 34.7 Å². The summed E-state index contributed by atoms with van der Waals surface area (Å²) in [7, 11) is -13.0. The third kappa shape index (κ3) is 12.3. The summed E-state index contributed by atoms with van der Waals surface area (Å²) in [5, 5.41) is 0. The van der Waals surface area contributed by atoms with Crippen molar-refractivity contribution in [2.24, 2.45) is 13.7 Å². The van der Waals surface area contributed by atoms with Crippen molar-refractivity contribution in [2.75, 3.05) is 29.5 Å². The highest BCUT2D eigenvalue weighted by Crippen LogP contribution is 2.49. The average molecular weight is 1010 g/mol. The molecule has 5 rings (SSSR count). The number of fused-ring (bicyclic) bond motifs is 2. The number of ether oxygens (including phenoxy) is 1. The lowest BCUT2D eigenvalue weighted by Crippen LogP contribution is -2.28. The smallest absolute Gasteiger partial charge is 0.316 e. The zero-order chi connectivity index (χ0) is 50.1. The Morgan fingerprint density at radius 1 is 0.853 bits per heavy atom. The molecule has 0 radical (unpaired) electrons. The zero-order valence-corrected chi connectivity index (χ0v) is 42.2. The standard InChI is InChI=1S/C47H57N5O12S4/c1-7-9-10-19-36(16-8-2)64-45-34(20-26-43-46(3,4)39-32-37(67(60,61)49-54)22-24-41(39)51(43)28-11-13-30-65(56)57)17-15-18-35(45)21-27-44-47(5,6)40-33-38(68(62,63)50-55)23-25-42(40)52(44)29-12-14-31-66(58,59)48-53/h8-10,16,19-27,32-33H,7,11-15,17-18,28-31H2,1-6H3/b10-9+,16-8-,36-19+. The van der Waals surface area contributed by atoms with Gasteiger partial charge in [0.25, 0.3) is 10.0 Å². The largest absolute Gasteiger partial charge is 0.772 e. The first kappa shape index (κ1) is 53.6. The maximum absolute atomic E-state index is 12.6. The van der Waals surface area contributed by atoms with Crippen molar-refractivity contribution in [1.29, 1.82) is 0 Å². The Morgan fingerprint density at radius 3 is 2.16 bits per heavy atom. The lowest BCUT2D eigenvalue weighted by Gasteiger charge is -2.27. The molecule has 2 aliphatic heterocycles. The van der Waals surface area contributed by atoms with Crippen LogP contribution in [0, 0.1) is 14.7 Å². The van der Waals surface area contributed by atoms with E-state index in [2.05, 4.69) is 13.7 Å². The molecule has 3 aliphatic rings. The Kier molecular flexibility index (Phi) is 17.6. The lowest BCUT2D eigenvalue weighted by atomic mass is 9.81. The van der Waals surface area contributed by atoms with E-state index < -0.39 is 57.7 Å². The van der Waals surface area contributed by atoms with Crippen molar-refractivity contribution < 1.29 is 43.3 Å². The minimum atomic E-state index is -4.47. The summed E-state index contributed by atoms with van der Waals surface area (Å²) in [6.45, 7) is 12.3. The van der Waals surface area contributed by atoms with E-state index in [0.717, 1.165) is 35.4 Å². The molecule has 0 aromatic heterocycles. The number of unbranched alkanes of at least 4 members (excludes halogenated alkanes) is 2. The summed E-state index contributed by atoms with van der Waals surface area (Å²) in [5.74, 6) is 0.686. The molecule has 1 atom stereocenters. The molecular weight excluding hydrogens is 955 g/mol. The van der Waals surface area contributed by atoms with Gasteiger partial charge in [-0.3, -0.25) is 4.21 Å². The van der Waals surface area contributed by atoms with Gasteiger partial charge in [-0.2, -0.15) is 21.4 Å². The van der Waals surface area contributed by atoms with E-state index in [4.69, 9.17) is 4.74 Å². The number of nitrogens with zero attached hydrogens (tertiary/aromatic N) is 5. The fourth-order valence-electron chi connectivity index (χ4n) is 8.69. The Labute approximate surface area is 401 Å². The molecule has 0 saturated carbocycles. The number of hydrogen-bond donors (Lipinski definition) is 0. The van der Waals surface area contributed by atoms with Gasteiger partial charge in [-0.05, 0) is 137 Å². The van der Waals surface area contributed by atoms with Crippen molar-refractivity contribution in [2.45, 2.75) is 114 Å². The normalized spacial score (nSPS) is 19.2. The molecule has 0 amide bonds. The molecule has 2 heterocycles. The molecule has 0 bridgehead atoms. The number of rotatable bonds is 23. The molecule has 2 aromatic rings. The molecule has 21 heteroatoms. The molecule has 17 nitrogen and oxygen atoms in total. The van der Waals surface area contributed by atoms with Gasteiger partial charge in [-0.15, -0.1) is 14.7 Å². The first-order valence-corrected chi connectivity index (χ1v) is 27.9. The molecule has 1 unspecified atom stereocenters. The predicted molar refractivity (Wildman–Crippen MR) is 263 cm³/mol. The highest BCUT2D eigenvalue weighted by Gasteiger charge is 2.45. The molecule has 0 spiro atoms. The van der Waals surface area contributed by atoms with E-state index >= 15 is 0 Å². The number of sulfonamides is 3. The summed E-state index contributed by atoms with van der Waals surface area (Å²) in [6.07, 6.45) is 21.4. The minimum absolute atomic E-state index is 0.0170. The van der Waals surface area contributed by atoms with Gasteiger partial charge in [0, 0.05) is 53.2 Å². The van der Waals surface area contributed by atoms with Crippen LogP contribution in [0.5, 0.6) is 0 Å². The van der Waals surface area contributed by atoms with Crippen LogP contribution in [0.15, 0.2) is 143 Å². The van der Waals surface area contributed by atoms with E-state index in [-0.39, 0.29) is 22.0 Å². The van der Waals surface area contributed by atoms with E-state index in [1.165, 1.54) is 24.3 Å². The van der Waals surface area contributed by atoms with Crippen LogP contribution in [0.25, 0.3) is 0 Å². The van der Waals surface area contributed by atoms with Gasteiger partial charge >= 0.3 is 20.0 Å². The number of nitroso groups, excluding NO2 is 3. The number of hydrogen-bond acceptors (Lipinski definition) is 13. The van der Waals surface area contributed by atoms with E-state index in [0.29, 0.717) is 79.2 Å². The van der Waals surface area contributed by atoms with Crippen molar-refractivity contribution in [3.63, 3.8) is 0 Å². The first-order valence-electron chi connectivity index (χ1n) is 22.1. The van der Waals surface area contributed by atoms with E-state index in [1.807, 2.05) is 106 Å². The highest BCUT2D eigenvalue weighted by atomic mass is 32.2. The van der Waals surface area contributed by atoms with Crippen LogP contribution >= 0.6 is 0 Å². The fraction of sp³-hybridized carbons (Fsp3) is 0.426. The van der Waals surface area contributed by atoms with Gasteiger partial charge in [0.1, 0.15) is 18.1 Å². The quantitative estimate of drug-likeness (QED) is 0.0252. The molecule has 2 aromatic carbocycles. The third-order valence-electron chi connectivity index (χ3n) is 12.2. The van der Waals surface area contributed by atoms with Gasteiger partial charge in [-0.25, -0.2) is 8.42 Å². The molecule has 68 heavy (non-hydrogen) atoms. The first-order chi connectivity index (χ1) is 32.1. The Morgan fingerprint density at radius 2 is 1.53 bits per heavy atom. The van der Waals surface area contributed by atoms with Crippen LogP contribution in [0.2, 0.25) is 0 Å². The Balaban J connectivity index is 1.69. The molecule has 0 fully saturated rings. The molecular formula is C47H57N5O12S4. The maximum atomic E-state index is 12.6. The summed E-state index contributed by atoms with van der Waals surface area (Å²) >= 11 is -2.22. The number of allylic oxidation sites excluding steroid dienone is 12. The van der Waals surface area contributed by atoms with Gasteiger partial charge < -0.3 is 14.2 Å². The summed E-state index contributed by atoms with van der Waals surface area (Å²) in [5.41, 5.74) is 4.20. The van der Waals surface area contributed by atoms with Gasteiger partial charge in [0.2, 0.25) is 5.69 Å². The second-order valence-electron chi connectivity index (χ2n) is 17.5. The molecule has 0 N–H and O–H groups in total. The van der Waals surface area contributed by atoms with Crippen LogP contribution in [0.4, 0.5) is 11.4 Å². The highest BCUT2D eigenvalue weighted by molar-refractivity contribution is 7.90. The number of anilines is 1. The fourth-order valence-corrected chi connectivity index (χ4v) is 11.0. The van der Waals surface area contributed by atoms with Crippen LogP contribution in [-0.2, 0) is 56.7 Å². The zero-order valence-electron chi connectivity index (χ0n) is 38.9. The summed E-state index contributed by atoms with van der Waals surface area (Å²) < 4.78 is 113. The molecule has 0 saturated heterocycles. The minimum Gasteiger partial charge on any atom is -0.772 e. The maximum Gasteiger partial charge on any atom is 0.316 e. The predicted octanol–water partition coefficient (Wildman–Crippen LogP) is 9.55. The van der Waals surface area contributed by atoms with Crippen LogP contribution in [-0.4, -0.2) is 68.9 Å². The second kappa shape index (κ2) is 22.4. The lowest BCUT2D eigenvalue weighted by molar-refractivity contribution is -0.438. The monoisotopic (exact) mass is 1010 g/mol. The van der Waals surface area contributed by atoms with Crippen LogP contribution in [0.3, 0.4) is 0 Å². The van der Waals surface area contributed by atoms with Crippen molar-refractivity contribution >= 4 is 58.2 Å². The summed E-state index contributed by atoms with van der Waals surface area (Å²) in [4.78, 5) is 35.0. The van der Waals surface area contributed by atoms with Crippen molar-refractivity contribution in [3.05, 3.63) is 145 Å². The van der Waals surface area contributed by atoms with Gasteiger partial charge in [-0.1, -0.05) is 56.2 Å². The molecule has 1 aliphatic carbocycles. The van der Waals surface area contributed by atoms with E-state index in [1.54, 1.807) is 12.1 Å². The number of benzene rings is 2. The van der Waals surface area contributed by atoms with E-state index in [9.17, 15) is 48.7 Å². The molecule has 366 valence electrons. The summed E-state index contributed by atoms with van der Waals surface area (Å²) in [6, 6.07) is 8.76. The van der Waals surface area contributed by atoms with Gasteiger partial charge in [0.15, 0.2) is 5.71 Å². The average Bonchev–Trinajstić information content (AvgIpc) is 3.65. The van der Waals surface area contributed by atoms with Crippen LogP contribution < -0.4 is 4.90 Å². The topological polar surface area (TPSA) is 246 Å². The van der Waals surface area contributed by atoms with Crippen molar-refractivity contribution in [1.82, 2.24) is 0 Å². The SMILES string of the molecule is C\C=C/C(=C\C=C\CC)OC1=C(/C=C/C2=[N+](CCCCS(=O)[O-])c3ccc(S(=O)(=O)N=O)cc3C2(C)C)CCC/C1=C\C=C1\N(CCCCS(=O)(=O)N=O)c2ccc(S(=O)(=O)N=O)cc2C1(C)C. The second-order valence-corrected chi connectivity index (χ2v) is 23.3. The third-order valence-corrected chi connectivity index (χ3v) is 15.9. The van der Waals surface area contributed by atoms with Crippen LogP contribution in [0.1, 0.15) is 104 Å². The van der Waals surface area contributed by atoms with Crippen molar-refractivity contribution in [3.8, 4) is 0 Å². The Bertz CT molecular complexity index is 2940. The Hall–Kier alpha value is -5.35.